The molecule has 0 aromatic carbocycles. The Balaban J connectivity index is 3.02. The average molecular weight is 322 g/mol. The zero-order valence-corrected chi connectivity index (χ0v) is 10.0. The van der Waals surface area contributed by atoms with Crippen LogP contribution < -0.4 is 5.56 Å². The van der Waals surface area contributed by atoms with Gasteiger partial charge in [-0.1, -0.05) is 11.6 Å². The Morgan fingerprint density at radius 3 is 2.93 bits per heavy atom. The number of hydrogen-bond acceptors (Lipinski definition) is 3. The van der Waals surface area contributed by atoms with Crippen LogP contribution in [0.25, 0.3) is 10.9 Å². The highest BCUT2D eigenvalue weighted by Crippen LogP contribution is 2.17. The van der Waals surface area contributed by atoms with Gasteiger partial charge in [0.2, 0.25) is 0 Å². The van der Waals surface area contributed by atoms with Crippen molar-refractivity contribution >= 4 is 45.1 Å². The van der Waals surface area contributed by atoms with Crippen molar-refractivity contribution in [3.63, 3.8) is 0 Å². The van der Waals surface area contributed by atoms with Gasteiger partial charge < -0.3 is 4.98 Å². The molecule has 2 aromatic rings. The molecule has 0 aliphatic carbocycles. The highest BCUT2D eigenvalue weighted by molar-refractivity contribution is 14.1. The van der Waals surface area contributed by atoms with Gasteiger partial charge in [0, 0.05) is 0 Å². The first kappa shape index (κ1) is 9.85. The number of pyridine rings is 1. The highest BCUT2D eigenvalue weighted by Gasteiger charge is 2.07. The SMILES string of the molecule is Cc1nc2c(I)nc(Cl)cc2c(=O)[nH]1. The molecule has 0 unspecified atom stereocenters. The van der Waals surface area contributed by atoms with E-state index in [0.29, 0.717) is 25.6 Å². The van der Waals surface area contributed by atoms with Gasteiger partial charge in [0.1, 0.15) is 20.2 Å². The van der Waals surface area contributed by atoms with E-state index in [1.54, 1.807) is 6.92 Å². The van der Waals surface area contributed by atoms with E-state index in [4.69, 9.17) is 11.6 Å². The first-order chi connectivity index (χ1) is 6.58. The third kappa shape index (κ3) is 1.61. The van der Waals surface area contributed by atoms with Gasteiger partial charge in [-0.3, -0.25) is 4.79 Å². The van der Waals surface area contributed by atoms with Gasteiger partial charge in [-0.05, 0) is 35.6 Å². The largest absolute Gasteiger partial charge is 0.310 e. The molecule has 0 amide bonds. The lowest BCUT2D eigenvalue weighted by Gasteiger charge is -2.00. The number of H-pyrrole nitrogens is 1. The molecule has 6 heteroatoms. The molecule has 0 aliphatic rings. The Labute approximate surface area is 97.9 Å². The molecule has 0 spiro atoms. The minimum Gasteiger partial charge on any atom is -0.310 e. The smallest absolute Gasteiger partial charge is 0.258 e. The zero-order chi connectivity index (χ0) is 10.3. The summed E-state index contributed by atoms with van der Waals surface area (Å²) >= 11 is 7.75. The van der Waals surface area contributed by atoms with Crippen molar-refractivity contribution in [1.82, 2.24) is 15.0 Å². The number of aromatic nitrogens is 3. The molecule has 0 atom stereocenters. The van der Waals surface area contributed by atoms with Gasteiger partial charge in [-0.25, -0.2) is 9.97 Å². The summed E-state index contributed by atoms with van der Waals surface area (Å²) in [7, 11) is 0. The molecule has 0 bridgehead atoms. The summed E-state index contributed by atoms with van der Waals surface area (Å²) in [5, 5.41) is 0.776. The van der Waals surface area contributed by atoms with E-state index in [9.17, 15) is 4.79 Å². The minimum atomic E-state index is -0.185. The third-order valence-corrected chi connectivity index (χ3v) is 2.68. The normalized spacial score (nSPS) is 10.8. The fourth-order valence-corrected chi connectivity index (χ4v) is 2.19. The lowest BCUT2D eigenvalue weighted by molar-refractivity contribution is 1.05. The van der Waals surface area contributed by atoms with Crippen molar-refractivity contribution in [3.8, 4) is 0 Å². The molecule has 2 rings (SSSR count). The van der Waals surface area contributed by atoms with Gasteiger partial charge in [0.15, 0.2) is 0 Å². The summed E-state index contributed by atoms with van der Waals surface area (Å²) in [6, 6.07) is 1.52. The number of halogens is 2. The number of nitrogens with zero attached hydrogens (tertiary/aromatic N) is 2. The van der Waals surface area contributed by atoms with Gasteiger partial charge >= 0.3 is 0 Å². The Morgan fingerprint density at radius 2 is 2.21 bits per heavy atom. The lowest BCUT2D eigenvalue weighted by atomic mass is 10.3. The van der Waals surface area contributed by atoms with Crippen molar-refractivity contribution in [2.24, 2.45) is 0 Å². The summed E-state index contributed by atoms with van der Waals surface area (Å²) < 4.78 is 0.638. The van der Waals surface area contributed by atoms with Crippen molar-refractivity contribution < 1.29 is 0 Å². The van der Waals surface area contributed by atoms with Gasteiger partial charge in [-0.2, -0.15) is 0 Å². The maximum atomic E-state index is 11.5. The number of fused-ring (bicyclic) bond motifs is 1. The number of nitrogens with one attached hydrogen (secondary N) is 1. The molecule has 4 nitrogen and oxygen atoms in total. The first-order valence-electron chi connectivity index (χ1n) is 3.80. The molecule has 0 aliphatic heterocycles. The monoisotopic (exact) mass is 321 g/mol. The second-order valence-electron chi connectivity index (χ2n) is 2.78. The zero-order valence-electron chi connectivity index (χ0n) is 7.14. The Kier molecular flexibility index (Phi) is 2.44. The van der Waals surface area contributed by atoms with Crippen LogP contribution in [-0.2, 0) is 0 Å². The Hall–Kier alpha value is -0.690. The Morgan fingerprint density at radius 1 is 1.50 bits per heavy atom. The average Bonchev–Trinajstić information content (AvgIpc) is 2.07. The molecule has 0 radical (unpaired) electrons. The van der Waals surface area contributed by atoms with Crippen LogP contribution in [0.4, 0.5) is 0 Å². The fourth-order valence-electron chi connectivity index (χ4n) is 1.18. The van der Waals surface area contributed by atoms with E-state index >= 15 is 0 Å². The lowest BCUT2D eigenvalue weighted by Crippen LogP contribution is -2.10. The molecule has 14 heavy (non-hydrogen) atoms. The molecular weight excluding hydrogens is 316 g/mol. The van der Waals surface area contributed by atoms with E-state index in [1.165, 1.54) is 6.07 Å². The van der Waals surface area contributed by atoms with Crippen LogP contribution in [-0.4, -0.2) is 15.0 Å². The maximum absolute atomic E-state index is 11.5. The van der Waals surface area contributed by atoms with Crippen LogP contribution in [0, 0.1) is 10.6 Å². The third-order valence-electron chi connectivity index (χ3n) is 1.74. The molecule has 0 fully saturated rings. The van der Waals surface area contributed by atoms with Crippen molar-refractivity contribution in [2.45, 2.75) is 6.92 Å². The number of hydrogen-bond donors (Lipinski definition) is 1. The van der Waals surface area contributed by atoms with E-state index in [2.05, 4.69) is 15.0 Å². The molecule has 0 saturated heterocycles. The van der Waals surface area contributed by atoms with Crippen LogP contribution in [0.3, 0.4) is 0 Å². The van der Waals surface area contributed by atoms with Crippen LogP contribution in [0.1, 0.15) is 5.82 Å². The number of rotatable bonds is 0. The second kappa shape index (κ2) is 3.47. The highest BCUT2D eigenvalue weighted by atomic mass is 127. The second-order valence-corrected chi connectivity index (χ2v) is 4.19. The molecule has 2 aromatic heterocycles. The molecule has 1 N–H and O–H groups in total. The van der Waals surface area contributed by atoms with E-state index in [0.717, 1.165) is 0 Å². The molecular formula is C8H5ClIN3O. The van der Waals surface area contributed by atoms with E-state index < -0.39 is 0 Å². The summed E-state index contributed by atoms with van der Waals surface area (Å²) in [5.41, 5.74) is 0.408. The number of aryl methyl sites for hydroxylation is 1. The topological polar surface area (TPSA) is 58.6 Å². The maximum Gasteiger partial charge on any atom is 0.258 e. The van der Waals surface area contributed by atoms with Crippen molar-refractivity contribution in [3.05, 3.63) is 31.1 Å². The van der Waals surface area contributed by atoms with Crippen LogP contribution in [0.2, 0.25) is 5.15 Å². The van der Waals surface area contributed by atoms with E-state index in [1.807, 2.05) is 22.6 Å². The number of aromatic amines is 1. The van der Waals surface area contributed by atoms with Crippen LogP contribution >= 0.6 is 34.2 Å². The van der Waals surface area contributed by atoms with Gasteiger partial charge in [-0.15, -0.1) is 0 Å². The first-order valence-corrected chi connectivity index (χ1v) is 5.26. The van der Waals surface area contributed by atoms with E-state index in [-0.39, 0.29) is 5.56 Å². The van der Waals surface area contributed by atoms with Crippen LogP contribution in [0.5, 0.6) is 0 Å². The fraction of sp³-hybridized carbons (Fsp3) is 0.125. The summed E-state index contributed by atoms with van der Waals surface area (Å²) in [6.45, 7) is 1.73. The summed E-state index contributed by atoms with van der Waals surface area (Å²) in [4.78, 5) is 22.3. The quantitative estimate of drug-likeness (QED) is 0.595. The van der Waals surface area contributed by atoms with Gasteiger partial charge in [0.25, 0.3) is 5.56 Å². The van der Waals surface area contributed by atoms with Gasteiger partial charge in [0.05, 0.1) is 5.39 Å². The van der Waals surface area contributed by atoms with Crippen molar-refractivity contribution in [1.29, 1.82) is 0 Å². The summed E-state index contributed by atoms with van der Waals surface area (Å²) in [6.07, 6.45) is 0. The molecule has 2 heterocycles. The van der Waals surface area contributed by atoms with Crippen LogP contribution in [0.15, 0.2) is 10.9 Å². The predicted molar refractivity (Wildman–Crippen MR) is 62.6 cm³/mol. The Bertz CT molecular complexity index is 566. The molecule has 72 valence electrons. The minimum absolute atomic E-state index is 0.185. The standard InChI is InChI=1S/C8H5ClIN3O/c1-3-11-6-4(8(14)12-3)2-5(9)13-7(6)10/h2H,1H3,(H,11,12,14). The molecule has 0 saturated carbocycles. The van der Waals surface area contributed by atoms with Crippen molar-refractivity contribution in [2.75, 3.05) is 0 Å². The predicted octanol–water partition coefficient (Wildman–Crippen LogP) is 1.88. The summed E-state index contributed by atoms with van der Waals surface area (Å²) in [5.74, 6) is 0.574.